The molecule has 6 heteroatoms. The van der Waals surface area contributed by atoms with Gasteiger partial charge in [0, 0.05) is 24.2 Å². The first-order chi connectivity index (χ1) is 14.0. The lowest BCUT2D eigenvalue weighted by Crippen LogP contribution is -2.59. The van der Waals surface area contributed by atoms with E-state index in [-0.39, 0.29) is 35.4 Å². The molecule has 0 N–H and O–H groups in total. The van der Waals surface area contributed by atoms with Gasteiger partial charge in [-0.15, -0.1) is 0 Å². The van der Waals surface area contributed by atoms with Crippen LogP contribution in [0.4, 0.5) is 4.39 Å². The molecule has 2 saturated heterocycles. The molecule has 154 valence electrons. The van der Waals surface area contributed by atoms with Crippen LogP contribution in [0.2, 0.25) is 0 Å². The Kier molecular flexibility index (Phi) is 5.92. The highest BCUT2D eigenvalue weighted by Crippen LogP contribution is 2.25. The van der Waals surface area contributed by atoms with E-state index in [4.69, 9.17) is 0 Å². The van der Waals surface area contributed by atoms with Crippen LogP contribution in [-0.4, -0.2) is 71.7 Å². The highest BCUT2D eigenvalue weighted by molar-refractivity contribution is 5.97. The van der Waals surface area contributed by atoms with E-state index in [2.05, 4.69) is 14.7 Å². The Morgan fingerprint density at radius 1 is 1.14 bits per heavy atom. The number of hydrogen-bond acceptors (Lipinski definition) is 5. The minimum absolute atomic E-state index is 0.00317. The van der Waals surface area contributed by atoms with E-state index in [1.807, 2.05) is 31.5 Å². The van der Waals surface area contributed by atoms with Crippen molar-refractivity contribution in [3.05, 3.63) is 60.1 Å². The molecule has 4 rings (SSSR count). The number of rotatable bonds is 5. The zero-order valence-electron chi connectivity index (χ0n) is 16.8. The SMILES string of the molecule is CN1CN2C=CC=CC2C(=O)C1CCN1CCC(C(=O)c2ccc(F)cc2)CC1. The summed E-state index contributed by atoms with van der Waals surface area (Å²) in [5.41, 5.74) is 0.596. The molecule has 3 aliphatic rings. The van der Waals surface area contributed by atoms with Crippen molar-refractivity contribution in [1.82, 2.24) is 14.7 Å². The fraction of sp³-hybridized carbons (Fsp3) is 0.478. The molecule has 0 aliphatic carbocycles. The minimum atomic E-state index is -0.318. The Morgan fingerprint density at radius 2 is 1.86 bits per heavy atom. The van der Waals surface area contributed by atoms with E-state index >= 15 is 0 Å². The Bertz CT molecular complexity index is 812. The summed E-state index contributed by atoms with van der Waals surface area (Å²) in [7, 11) is 2.01. The molecule has 0 aromatic heterocycles. The molecule has 5 nitrogen and oxygen atoms in total. The van der Waals surface area contributed by atoms with Gasteiger partial charge < -0.3 is 9.80 Å². The van der Waals surface area contributed by atoms with Crippen LogP contribution in [0.3, 0.4) is 0 Å². The second kappa shape index (κ2) is 8.59. The van der Waals surface area contributed by atoms with Gasteiger partial charge in [-0.2, -0.15) is 0 Å². The van der Waals surface area contributed by atoms with Crippen LogP contribution >= 0.6 is 0 Å². The fourth-order valence-corrected chi connectivity index (χ4v) is 4.63. The van der Waals surface area contributed by atoms with Crippen LogP contribution in [0, 0.1) is 11.7 Å². The van der Waals surface area contributed by atoms with Crippen LogP contribution in [-0.2, 0) is 4.79 Å². The zero-order chi connectivity index (χ0) is 20.4. The van der Waals surface area contributed by atoms with E-state index in [0.717, 1.165) is 45.6 Å². The first-order valence-electron chi connectivity index (χ1n) is 10.4. The second-order valence-corrected chi connectivity index (χ2v) is 8.28. The summed E-state index contributed by atoms with van der Waals surface area (Å²) >= 11 is 0. The van der Waals surface area contributed by atoms with E-state index < -0.39 is 0 Å². The monoisotopic (exact) mass is 397 g/mol. The quantitative estimate of drug-likeness (QED) is 0.715. The van der Waals surface area contributed by atoms with Crippen molar-refractivity contribution in [3.8, 4) is 0 Å². The third kappa shape index (κ3) is 4.33. The van der Waals surface area contributed by atoms with Crippen molar-refractivity contribution in [2.75, 3.05) is 33.4 Å². The van der Waals surface area contributed by atoms with E-state index in [1.54, 1.807) is 12.1 Å². The van der Waals surface area contributed by atoms with Crippen LogP contribution < -0.4 is 0 Å². The Hall–Kier alpha value is -2.31. The number of nitrogens with zero attached hydrogens (tertiary/aromatic N) is 3. The van der Waals surface area contributed by atoms with Gasteiger partial charge in [0.2, 0.25) is 0 Å². The summed E-state index contributed by atoms with van der Waals surface area (Å²) < 4.78 is 13.1. The smallest absolute Gasteiger partial charge is 0.176 e. The van der Waals surface area contributed by atoms with Crippen molar-refractivity contribution in [2.45, 2.75) is 31.3 Å². The molecule has 2 fully saturated rings. The highest BCUT2D eigenvalue weighted by atomic mass is 19.1. The zero-order valence-corrected chi connectivity index (χ0v) is 16.8. The number of piperidine rings is 1. The number of Topliss-reactive ketones (excluding diaryl/α,β-unsaturated/α-hetero) is 2. The number of benzene rings is 1. The molecule has 1 aromatic carbocycles. The summed E-state index contributed by atoms with van der Waals surface area (Å²) in [5, 5.41) is 0. The van der Waals surface area contributed by atoms with Crippen molar-refractivity contribution >= 4 is 11.6 Å². The average Bonchev–Trinajstić information content (AvgIpc) is 2.74. The molecular weight excluding hydrogens is 369 g/mol. The fourth-order valence-electron chi connectivity index (χ4n) is 4.63. The molecule has 0 saturated carbocycles. The summed E-state index contributed by atoms with van der Waals surface area (Å²) in [6.07, 6.45) is 10.3. The molecule has 29 heavy (non-hydrogen) atoms. The number of ketones is 2. The molecule has 2 atom stereocenters. The lowest BCUT2D eigenvalue weighted by molar-refractivity contribution is -0.133. The van der Waals surface area contributed by atoms with Gasteiger partial charge in [-0.3, -0.25) is 14.5 Å². The molecule has 0 bridgehead atoms. The molecule has 3 heterocycles. The minimum Gasteiger partial charge on any atom is -0.351 e. The van der Waals surface area contributed by atoms with E-state index in [1.165, 1.54) is 12.1 Å². The molecule has 2 unspecified atom stereocenters. The van der Waals surface area contributed by atoms with Crippen LogP contribution in [0.15, 0.2) is 48.7 Å². The molecule has 3 aliphatic heterocycles. The predicted octanol–water partition coefficient (Wildman–Crippen LogP) is 2.71. The Morgan fingerprint density at radius 3 is 2.59 bits per heavy atom. The van der Waals surface area contributed by atoms with E-state index in [9.17, 15) is 14.0 Å². The molecule has 0 radical (unpaired) electrons. The third-order valence-corrected chi connectivity index (χ3v) is 6.38. The predicted molar refractivity (Wildman–Crippen MR) is 110 cm³/mol. The van der Waals surface area contributed by atoms with Crippen LogP contribution in [0.1, 0.15) is 29.6 Å². The van der Waals surface area contributed by atoms with Gasteiger partial charge >= 0.3 is 0 Å². The maximum absolute atomic E-state index is 13.1. The average molecular weight is 397 g/mol. The Balaban J connectivity index is 1.27. The first kappa shape index (κ1) is 20.0. The van der Waals surface area contributed by atoms with Crippen molar-refractivity contribution in [1.29, 1.82) is 0 Å². The van der Waals surface area contributed by atoms with Crippen molar-refractivity contribution in [2.24, 2.45) is 5.92 Å². The van der Waals surface area contributed by atoms with Gasteiger partial charge in [-0.1, -0.05) is 12.2 Å². The summed E-state index contributed by atoms with van der Waals surface area (Å²) in [6.45, 7) is 3.35. The van der Waals surface area contributed by atoms with E-state index in [0.29, 0.717) is 5.56 Å². The number of hydrogen-bond donors (Lipinski definition) is 0. The van der Waals surface area contributed by atoms with Gasteiger partial charge in [0.15, 0.2) is 11.6 Å². The standard InChI is InChI=1S/C23H28FN3O2/c1-25-16-27-12-3-2-4-21(27)23(29)20(25)11-15-26-13-9-18(10-14-26)22(28)17-5-7-19(24)8-6-17/h2-8,12,18,20-21H,9-11,13-16H2,1H3. The summed E-state index contributed by atoms with van der Waals surface area (Å²) in [4.78, 5) is 32.1. The van der Waals surface area contributed by atoms with Crippen molar-refractivity contribution < 1.29 is 14.0 Å². The maximum Gasteiger partial charge on any atom is 0.176 e. The summed E-state index contributed by atoms with van der Waals surface area (Å²) in [5.74, 6) is 0.0645. The van der Waals surface area contributed by atoms with Crippen LogP contribution in [0.5, 0.6) is 0 Å². The number of likely N-dealkylation sites (tertiary alicyclic amines) is 1. The second-order valence-electron chi connectivity index (χ2n) is 8.28. The number of fused-ring (bicyclic) bond motifs is 1. The molecular formula is C23H28FN3O2. The van der Waals surface area contributed by atoms with Gasteiger partial charge in [0.25, 0.3) is 0 Å². The van der Waals surface area contributed by atoms with Gasteiger partial charge in [0.05, 0.1) is 12.7 Å². The van der Waals surface area contributed by atoms with Gasteiger partial charge in [-0.25, -0.2) is 4.39 Å². The Labute approximate surface area is 171 Å². The normalized spacial score (nSPS) is 26.0. The number of allylic oxidation sites excluding steroid dienone is 2. The molecule has 1 aromatic rings. The highest BCUT2D eigenvalue weighted by Gasteiger charge is 2.37. The lowest BCUT2D eigenvalue weighted by atomic mass is 9.88. The first-order valence-corrected chi connectivity index (χ1v) is 10.4. The number of carbonyl (C=O) groups is 2. The van der Waals surface area contributed by atoms with Crippen LogP contribution in [0.25, 0.3) is 0 Å². The number of carbonyl (C=O) groups excluding carboxylic acids is 2. The van der Waals surface area contributed by atoms with Gasteiger partial charge in [-0.05, 0) is 69.7 Å². The molecule has 0 spiro atoms. The van der Waals surface area contributed by atoms with Crippen molar-refractivity contribution in [3.63, 3.8) is 0 Å². The lowest BCUT2D eigenvalue weighted by Gasteiger charge is -2.43. The summed E-state index contributed by atoms with van der Waals surface area (Å²) in [6, 6.07) is 5.64. The third-order valence-electron chi connectivity index (χ3n) is 6.38. The van der Waals surface area contributed by atoms with Gasteiger partial charge in [0.1, 0.15) is 11.9 Å². The molecule has 0 amide bonds. The number of likely N-dealkylation sites (N-methyl/N-ethyl adjacent to an activating group) is 1. The largest absolute Gasteiger partial charge is 0.351 e. The number of halogens is 1. The topological polar surface area (TPSA) is 43.9 Å². The maximum atomic E-state index is 13.1.